The molecule has 2 aliphatic heterocycles. The van der Waals surface area contributed by atoms with Gasteiger partial charge in [-0.25, -0.2) is 4.98 Å². The summed E-state index contributed by atoms with van der Waals surface area (Å²) in [6, 6.07) is 27.4. The lowest BCUT2D eigenvalue weighted by Crippen LogP contribution is -2.31. The maximum absolute atomic E-state index is 12.2. The summed E-state index contributed by atoms with van der Waals surface area (Å²) >= 11 is 0. The summed E-state index contributed by atoms with van der Waals surface area (Å²) in [5.41, 5.74) is 14.1. The van der Waals surface area contributed by atoms with E-state index in [-0.39, 0.29) is 0 Å². The Morgan fingerprint density at radius 3 is 2.31 bits per heavy atom. The molecule has 3 aromatic carbocycles. The molecule has 3 heterocycles. The Kier molecular flexibility index (Phi) is 14.7. The third-order valence-corrected chi connectivity index (χ3v) is 11.1. The predicted octanol–water partition coefficient (Wildman–Crippen LogP) is 10.5. The monoisotopic (exact) mass is 706 g/mol. The van der Waals surface area contributed by atoms with Crippen LogP contribution >= 0.6 is 0 Å². The normalized spacial score (nSPS) is 18.1. The molecule has 2 unspecified atom stereocenters. The van der Waals surface area contributed by atoms with Crippen LogP contribution in [0.4, 0.5) is 28.6 Å². The fraction of sp³-hybridized carbons (Fsp3) is 0.419. The second-order valence-corrected chi connectivity index (χ2v) is 15.1. The molecule has 4 aromatic rings. The minimum Gasteiger partial charge on any atom is -0.339 e. The summed E-state index contributed by atoms with van der Waals surface area (Å²) in [5, 5.41) is 5.48. The zero-order valence-electron chi connectivity index (χ0n) is 31.2. The first-order chi connectivity index (χ1) is 25.0. The molecule has 1 saturated heterocycles. The van der Waals surface area contributed by atoms with Crippen LogP contribution in [0.1, 0.15) is 81.9 Å². The van der Waals surface area contributed by atoms with E-state index in [1.807, 2.05) is 44.3 Å². The van der Waals surface area contributed by atoms with Crippen molar-refractivity contribution >= 4 is 39.4 Å². The molecule has 3 aliphatic rings. The van der Waals surface area contributed by atoms with E-state index in [2.05, 4.69) is 105 Å². The number of para-hydroxylation sites is 1. The van der Waals surface area contributed by atoms with Gasteiger partial charge in [0, 0.05) is 18.4 Å². The van der Waals surface area contributed by atoms with Crippen LogP contribution in [0.15, 0.2) is 103 Å². The van der Waals surface area contributed by atoms with Crippen molar-refractivity contribution in [2.75, 3.05) is 35.1 Å². The first-order valence-electron chi connectivity index (χ1n) is 19.0. The molecular weight excluding hydrogens is 649 g/mol. The molecule has 7 rings (SSSR count). The van der Waals surface area contributed by atoms with E-state index in [0.717, 1.165) is 63.8 Å². The Balaban J connectivity index is 0.000000441. The summed E-state index contributed by atoms with van der Waals surface area (Å²) in [4.78, 5) is 8.02. The lowest BCUT2D eigenvalue weighted by atomic mass is 9.90. The van der Waals surface area contributed by atoms with Crippen LogP contribution in [0.25, 0.3) is 0 Å². The molecule has 0 bridgehead atoms. The number of hydrazine groups is 2. The Bertz CT molecular complexity index is 1690. The van der Waals surface area contributed by atoms with Crippen molar-refractivity contribution < 1.29 is 4.21 Å². The van der Waals surface area contributed by atoms with Crippen LogP contribution in [0.3, 0.4) is 0 Å². The van der Waals surface area contributed by atoms with Crippen molar-refractivity contribution in [3.8, 4) is 0 Å². The third-order valence-electron chi connectivity index (χ3n) is 10.2. The molecule has 8 heteroatoms. The molecule has 0 radical (unpaired) electrons. The number of allylic oxidation sites excluding steroid dienone is 1. The zero-order chi connectivity index (χ0) is 36.0. The average Bonchev–Trinajstić information content (AvgIpc) is 3.50. The molecule has 272 valence electrons. The van der Waals surface area contributed by atoms with Crippen molar-refractivity contribution in [3.05, 3.63) is 114 Å². The van der Waals surface area contributed by atoms with Crippen LogP contribution in [0.2, 0.25) is 0 Å². The lowest BCUT2D eigenvalue weighted by molar-refractivity contribution is 0.272. The number of hydrogen-bond acceptors (Lipinski definition) is 7. The largest absolute Gasteiger partial charge is 0.339 e. The molecule has 2 atom stereocenters. The van der Waals surface area contributed by atoms with Crippen molar-refractivity contribution in [1.82, 2.24) is 15.4 Å². The number of anilines is 5. The van der Waals surface area contributed by atoms with Gasteiger partial charge in [0.25, 0.3) is 0 Å². The minimum absolute atomic E-state index is 0.719. The summed E-state index contributed by atoms with van der Waals surface area (Å²) in [5.74, 6) is 2.31. The van der Waals surface area contributed by atoms with Gasteiger partial charge in [-0.2, -0.15) is 0 Å². The molecule has 1 saturated carbocycles. The topological polar surface area (TPSA) is 72.5 Å². The molecule has 51 heavy (non-hydrogen) atoms. The predicted molar refractivity (Wildman–Crippen MR) is 217 cm³/mol. The Hall–Kier alpha value is -3.98. The number of hydrogen-bond donors (Lipinski definition) is 3. The van der Waals surface area contributed by atoms with E-state index in [9.17, 15) is 4.21 Å². The van der Waals surface area contributed by atoms with Gasteiger partial charge in [0.15, 0.2) is 0 Å². The Morgan fingerprint density at radius 1 is 0.882 bits per heavy atom. The first kappa shape index (κ1) is 38.3. The SMILES string of the molecule is C=CC1CCCCC1.CC.Cc1c(Nc2ccccc2S(C)=O)ncc2c1N(c1ccc(CC3CCCN(Cc4ccccc4)CC3)cc1)NN2. The molecule has 0 amide bonds. The summed E-state index contributed by atoms with van der Waals surface area (Å²) in [7, 11) is -1.10. The quantitative estimate of drug-likeness (QED) is 0.150. The van der Waals surface area contributed by atoms with Crippen LogP contribution in [-0.4, -0.2) is 33.4 Å². The van der Waals surface area contributed by atoms with Gasteiger partial charge in [0.1, 0.15) is 5.82 Å². The highest BCUT2D eigenvalue weighted by molar-refractivity contribution is 7.84. The maximum atomic E-state index is 12.2. The molecule has 0 spiro atoms. The van der Waals surface area contributed by atoms with E-state index in [1.165, 1.54) is 75.6 Å². The highest BCUT2D eigenvalue weighted by atomic mass is 32.2. The third kappa shape index (κ3) is 10.5. The minimum atomic E-state index is -1.10. The van der Waals surface area contributed by atoms with Crippen LogP contribution in [0.5, 0.6) is 0 Å². The van der Waals surface area contributed by atoms with E-state index >= 15 is 0 Å². The van der Waals surface area contributed by atoms with Gasteiger partial charge in [-0.05, 0) is 106 Å². The molecule has 1 aliphatic carbocycles. The standard InChI is InChI=1S/C33H38N6OS.C8H14.C2H6/c1-24-32-30(22-34-33(24)35-29-12-6-7-13-31(29)41(2)40)36-37-39(32)28-16-14-26(15-17-28)21-25-11-8-19-38(20-18-25)23-27-9-4-3-5-10-27;1-2-8-6-4-3-5-7-8;1-2/h3-7,9-10,12-17,22,25,36-37H,8,11,18-21,23H2,1-2H3,(H,34,35);2,8H,1,3-7H2;1-2H3. The van der Waals surface area contributed by atoms with Crippen molar-refractivity contribution in [3.63, 3.8) is 0 Å². The first-order valence-corrected chi connectivity index (χ1v) is 20.5. The zero-order valence-corrected chi connectivity index (χ0v) is 32.0. The number of nitrogens with zero attached hydrogens (tertiary/aromatic N) is 3. The van der Waals surface area contributed by atoms with Gasteiger partial charge in [-0.3, -0.25) is 19.5 Å². The second kappa shape index (κ2) is 19.6. The number of fused-ring (bicyclic) bond motifs is 1. The number of nitrogens with one attached hydrogen (secondary N) is 3. The van der Waals surface area contributed by atoms with E-state index in [4.69, 9.17) is 0 Å². The lowest BCUT2D eigenvalue weighted by Gasteiger charge is -2.22. The molecule has 1 aromatic heterocycles. The van der Waals surface area contributed by atoms with E-state index in [1.54, 1.807) is 6.26 Å². The van der Waals surface area contributed by atoms with Gasteiger partial charge < -0.3 is 5.32 Å². The number of pyridine rings is 1. The van der Waals surface area contributed by atoms with Crippen molar-refractivity contribution in [1.29, 1.82) is 0 Å². The fourth-order valence-electron chi connectivity index (χ4n) is 7.33. The van der Waals surface area contributed by atoms with E-state index in [0.29, 0.717) is 0 Å². The van der Waals surface area contributed by atoms with Crippen LogP contribution in [-0.2, 0) is 23.8 Å². The Morgan fingerprint density at radius 2 is 1.61 bits per heavy atom. The van der Waals surface area contributed by atoms with Gasteiger partial charge in [-0.1, -0.05) is 93.8 Å². The van der Waals surface area contributed by atoms with Crippen LogP contribution < -0.4 is 21.3 Å². The Labute approximate surface area is 309 Å². The molecule has 3 N–H and O–H groups in total. The molecule has 2 fully saturated rings. The summed E-state index contributed by atoms with van der Waals surface area (Å²) in [6.07, 6.45) is 17.6. The smallest absolute Gasteiger partial charge is 0.135 e. The van der Waals surface area contributed by atoms with Gasteiger partial charge in [-0.15, -0.1) is 12.1 Å². The van der Waals surface area contributed by atoms with Gasteiger partial charge in [0.2, 0.25) is 0 Å². The molecular formula is C43H58N6OS. The highest BCUT2D eigenvalue weighted by Crippen LogP contribution is 2.40. The van der Waals surface area contributed by atoms with E-state index < -0.39 is 10.8 Å². The number of aromatic nitrogens is 1. The van der Waals surface area contributed by atoms with Gasteiger partial charge >= 0.3 is 0 Å². The summed E-state index contributed by atoms with van der Waals surface area (Å²) < 4.78 is 12.2. The maximum Gasteiger partial charge on any atom is 0.135 e. The molecule has 7 nitrogen and oxygen atoms in total. The highest BCUT2D eigenvalue weighted by Gasteiger charge is 2.25. The number of benzene rings is 3. The van der Waals surface area contributed by atoms with Crippen molar-refractivity contribution in [2.45, 2.75) is 90.0 Å². The second-order valence-electron chi connectivity index (χ2n) is 13.7. The average molecular weight is 707 g/mol. The van der Waals surface area contributed by atoms with Crippen LogP contribution in [0, 0.1) is 18.8 Å². The fourth-order valence-corrected chi connectivity index (χ4v) is 8.03. The van der Waals surface area contributed by atoms with Crippen molar-refractivity contribution in [2.24, 2.45) is 11.8 Å². The summed E-state index contributed by atoms with van der Waals surface area (Å²) in [6.45, 7) is 13.2. The number of rotatable bonds is 9. The van der Waals surface area contributed by atoms with Gasteiger partial charge in [0.05, 0.1) is 44.6 Å². The number of likely N-dealkylation sites (tertiary alicyclic amines) is 1.